The van der Waals surface area contributed by atoms with E-state index in [1.807, 2.05) is 17.8 Å². The van der Waals surface area contributed by atoms with Crippen molar-refractivity contribution in [3.63, 3.8) is 0 Å². The number of hydrogen-bond donors (Lipinski definition) is 1. The van der Waals surface area contributed by atoms with Crippen LogP contribution in [0.1, 0.15) is 23.9 Å². The minimum absolute atomic E-state index is 0.697. The molecule has 0 radical (unpaired) electrons. The Morgan fingerprint density at radius 2 is 1.90 bits per heavy atom. The number of hydrogen-bond acceptors (Lipinski definition) is 5. The highest BCUT2D eigenvalue weighted by molar-refractivity contribution is 7.98. The summed E-state index contributed by atoms with van der Waals surface area (Å²) in [5, 5.41) is 14.2. The van der Waals surface area contributed by atoms with E-state index < -0.39 is 0 Å². The van der Waals surface area contributed by atoms with Crippen molar-refractivity contribution in [1.82, 2.24) is 15.5 Å². The standard InChI is InChI=1S/C15H21N3S2/c1-12(2)10-16-9-8-14-17-18-15(20-14)11-19-13-6-4-3-5-7-13/h3-7,12,16H,8-11H2,1-2H3. The molecule has 3 nitrogen and oxygen atoms in total. The molecule has 20 heavy (non-hydrogen) atoms. The van der Waals surface area contributed by atoms with Crippen LogP contribution in [0, 0.1) is 5.92 Å². The van der Waals surface area contributed by atoms with E-state index in [1.165, 1.54) is 4.90 Å². The van der Waals surface area contributed by atoms with E-state index in [0.29, 0.717) is 5.92 Å². The van der Waals surface area contributed by atoms with E-state index in [1.54, 1.807) is 11.3 Å². The van der Waals surface area contributed by atoms with Crippen LogP contribution in [0.15, 0.2) is 35.2 Å². The average molecular weight is 307 g/mol. The maximum atomic E-state index is 4.27. The first-order valence-corrected chi connectivity index (χ1v) is 8.74. The summed E-state index contributed by atoms with van der Waals surface area (Å²) in [7, 11) is 0. The van der Waals surface area contributed by atoms with Gasteiger partial charge in [-0.05, 0) is 24.6 Å². The lowest BCUT2D eigenvalue weighted by Crippen LogP contribution is -2.22. The number of thioether (sulfide) groups is 1. The maximum Gasteiger partial charge on any atom is 0.127 e. The highest BCUT2D eigenvalue weighted by Crippen LogP contribution is 2.23. The van der Waals surface area contributed by atoms with Gasteiger partial charge >= 0.3 is 0 Å². The third kappa shape index (κ3) is 5.61. The van der Waals surface area contributed by atoms with Gasteiger partial charge < -0.3 is 5.32 Å². The van der Waals surface area contributed by atoms with Gasteiger partial charge in [0, 0.05) is 17.9 Å². The van der Waals surface area contributed by atoms with Gasteiger partial charge in [-0.2, -0.15) is 0 Å². The van der Waals surface area contributed by atoms with Crippen molar-refractivity contribution >= 4 is 23.1 Å². The van der Waals surface area contributed by atoms with Crippen molar-refractivity contribution in [3.05, 3.63) is 40.3 Å². The number of nitrogens with zero attached hydrogens (tertiary/aromatic N) is 2. The van der Waals surface area contributed by atoms with Crippen LogP contribution in [0.5, 0.6) is 0 Å². The van der Waals surface area contributed by atoms with E-state index in [0.717, 1.165) is 35.3 Å². The van der Waals surface area contributed by atoms with Crippen LogP contribution >= 0.6 is 23.1 Å². The predicted octanol–water partition coefficient (Wildman–Crippen LogP) is 3.62. The van der Waals surface area contributed by atoms with Crippen LogP contribution < -0.4 is 5.32 Å². The molecule has 5 heteroatoms. The second kappa shape index (κ2) is 8.39. The van der Waals surface area contributed by atoms with Crippen molar-refractivity contribution in [3.8, 4) is 0 Å². The summed E-state index contributed by atoms with van der Waals surface area (Å²) in [5.74, 6) is 1.60. The van der Waals surface area contributed by atoms with E-state index in [2.05, 4.69) is 53.6 Å². The molecule has 0 aliphatic carbocycles. The Kier molecular flexibility index (Phi) is 6.50. The second-order valence-corrected chi connectivity index (χ2v) is 7.23. The zero-order valence-electron chi connectivity index (χ0n) is 12.0. The van der Waals surface area contributed by atoms with Crippen molar-refractivity contribution in [2.45, 2.75) is 30.9 Å². The molecule has 1 heterocycles. The molecule has 0 unspecified atom stereocenters. The fourth-order valence-electron chi connectivity index (χ4n) is 1.70. The summed E-state index contributed by atoms with van der Waals surface area (Å²) >= 11 is 3.54. The minimum Gasteiger partial charge on any atom is -0.316 e. The highest BCUT2D eigenvalue weighted by Gasteiger charge is 2.05. The Morgan fingerprint density at radius 3 is 2.65 bits per heavy atom. The molecule has 0 saturated heterocycles. The normalized spacial score (nSPS) is 11.2. The first-order chi connectivity index (χ1) is 9.74. The van der Waals surface area contributed by atoms with Gasteiger partial charge in [-0.15, -0.1) is 33.3 Å². The molecule has 1 aromatic heterocycles. The SMILES string of the molecule is CC(C)CNCCc1nnc(CSc2ccccc2)s1. The fourth-order valence-corrected chi connectivity index (χ4v) is 3.44. The molecule has 0 saturated carbocycles. The molecule has 0 atom stereocenters. The molecule has 2 aromatic rings. The largest absolute Gasteiger partial charge is 0.316 e. The molecule has 1 aromatic carbocycles. The van der Waals surface area contributed by atoms with Crippen molar-refractivity contribution < 1.29 is 0 Å². The highest BCUT2D eigenvalue weighted by atomic mass is 32.2. The first-order valence-electron chi connectivity index (χ1n) is 6.94. The molecule has 0 fully saturated rings. The molecule has 2 rings (SSSR count). The summed E-state index contributed by atoms with van der Waals surface area (Å²) in [4.78, 5) is 1.28. The van der Waals surface area contributed by atoms with Crippen LogP contribution in [-0.4, -0.2) is 23.3 Å². The van der Waals surface area contributed by atoms with Gasteiger partial charge in [-0.1, -0.05) is 32.0 Å². The number of benzene rings is 1. The molecular weight excluding hydrogens is 286 g/mol. The molecule has 1 N–H and O–H groups in total. The topological polar surface area (TPSA) is 37.8 Å². The summed E-state index contributed by atoms with van der Waals surface area (Å²) in [6.45, 7) is 6.49. The average Bonchev–Trinajstić information content (AvgIpc) is 2.90. The predicted molar refractivity (Wildman–Crippen MR) is 87.3 cm³/mol. The second-order valence-electron chi connectivity index (χ2n) is 5.04. The fraction of sp³-hybridized carbons (Fsp3) is 0.467. The van der Waals surface area contributed by atoms with Gasteiger partial charge in [0.15, 0.2) is 0 Å². The van der Waals surface area contributed by atoms with Gasteiger partial charge in [0.05, 0.1) is 5.75 Å². The third-order valence-corrected chi connectivity index (χ3v) is 4.87. The lowest BCUT2D eigenvalue weighted by Gasteiger charge is -2.05. The molecular formula is C15H21N3S2. The molecule has 0 spiro atoms. The molecule has 0 amide bonds. The van der Waals surface area contributed by atoms with E-state index in [-0.39, 0.29) is 0 Å². The van der Waals surface area contributed by atoms with Gasteiger partial charge in [0.25, 0.3) is 0 Å². The van der Waals surface area contributed by atoms with Crippen LogP contribution in [-0.2, 0) is 12.2 Å². The zero-order chi connectivity index (χ0) is 14.2. The van der Waals surface area contributed by atoms with E-state index >= 15 is 0 Å². The monoisotopic (exact) mass is 307 g/mol. The Hall–Kier alpha value is -0.910. The quantitative estimate of drug-likeness (QED) is 0.597. The van der Waals surface area contributed by atoms with Gasteiger partial charge in [-0.3, -0.25) is 0 Å². The summed E-state index contributed by atoms with van der Waals surface area (Å²) in [5.41, 5.74) is 0. The lowest BCUT2D eigenvalue weighted by atomic mass is 10.2. The Labute approximate surface area is 129 Å². The van der Waals surface area contributed by atoms with Gasteiger partial charge in [0.2, 0.25) is 0 Å². The number of aromatic nitrogens is 2. The number of rotatable bonds is 8. The Bertz CT molecular complexity index is 497. The zero-order valence-corrected chi connectivity index (χ0v) is 13.6. The molecule has 0 bridgehead atoms. The number of nitrogens with one attached hydrogen (secondary N) is 1. The van der Waals surface area contributed by atoms with Crippen molar-refractivity contribution in [2.75, 3.05) is 13.1 Å². The Morgan fingerprint density at radius 1 is 1.15 bits per heavy atom. The summed E-state index contributed by atoms with van der Waals surface area (Å²) in [6.07, 6.45) is 0.973. The summed E-state index contributed by atoms with van der Waals surface area (Å²) < 4.78 is 0. The van der Waals surface area contributed by atoms with Gasteiger partial charge in [-0.25, -0.2) is 0 Å². The van der Waals surface area contributed by atoms with Gasteiger partial charge in [0.1, 0.15) is 10.0 Å². The molecule has 0 aliphatic rings. The van der Waals surface area contributed by atoms with Crippen LogP contribution in [0.3, 0.4) is 0 Å². The van der Waals surface area contributed by atoms with Crippen LogP contribution in [0.25, 0.3) is 0 Å². The molecule has 108 valence electrons. The van der Waals surface area contributed by atoms with E-state index in [9.17, 15) is 0 Å². The minimum atomic E-state index is 0.697. The van der Waals surface area contributed by atoms with E-state index in [4.69, 9.17) is 0 Å². The van der Waals surface area contributed by atoms with Crippen LogP contribution in [0.2, 0.25) is 0 Å². The Balaban J connectivity index is 1.72. The van der Waals surface area contributed by atoms with Crippen molar-refractivity contribution in [2.24, 2.45) is 5.92 Å². The molecule has 0 aliphatic heterocycles. The van der Waals surface area contributed by atoms with Crippen molar-refractivity contribution in [1.29, 1.82) is 0 Å². The lowest BCUT2D eigenvalue weighted by molar-refractivity contribution is 0.553. The smallest absolute Gasteiger partial charge is 0.127 e. The summed E-state index contributed by atoms with van der Waals surface area (Å²) in [6, 6.07) is 10.4. The first kappa shape index (κ1) is 15.5. The van der Waals surface area contributed by atoms with Crippen LogP contribution in [0.4, 0.5) is 0 Å². The maximum absolute atomic E-state index is 4.27. The third-order valence-electron chi connectivity index (χ3n) is 2.68.